The first-order chi connectivity index (χ1) is 39.6. The lowest BCUT2D eigenvalue weighted by molar-refractivity contribution is -0.870. The standard InChI is InChI=1S/C72H113NO8/c1-6-8-10-12-14-16-18-20-22-24-26-28-30-31-32-33-34-35-36-37-38-39-41-43-45-47-49-51-53-55-57-59-61-63-70(75)81-68(67-80-72(71(76)77)78-65-64-73(3,4)5)66-79-69(74)62-60-58-56-54-52-50-48-46-44-42-40-29-27-25-23-21-19-17-15-13-11-9-7-2/h8-11,14-17,20-23,26-29,31-32,34-35,37-38,41,43,47,49,53,55,68,72H,6-7,12-13,18-19,24-25,30,33,36,39-40,42,44-46,48,50-52,54,56-67H2,1-5H3/b10-8-,11-9-,16-14-,17-15-,22-20-,23-21-,28-26-,29-27-,32-31-,35-34-,38-37-,43-41-,49-47-,55-53-. The van der Waals surface area contributed by atoms with Gasteiger partial charge < -0.3 is 33.3 Å². The minimum atomic E-state index is -1.65. The molecule has 9 nitrogen and oxygen atoms in total. The van der Waals surface area contributed by atoms with Gasteiger partial charge in [-0.3, -0.25) is 9.59 Å². The molecular weight excluding hydrogens is 1010 g/mol. The van der Waals surface area contributed by atoms with Gasteiger partial charge >= 0.3 is 11.9 Å². The molecule has 0 amide bonds. The number of allylic oxidation sites excluding steroid dienone is 28. The molecule has 2 atom stereocenters. The Hall–Kier alpha value is -5.35. The zero-order valence-electron chi connectivity index (χ0n) is 51.6. The number of carboxylic acids is 1. The van der Waals surface area contributed by atoms with Crippen LogP contribution in [0.5, 0.6) is 0 Å². The minimum Gasteiger partial charge on any atom is -0.545 e. The second-order valence-corrected chi connectivity index (χ2v) is 21.2. The normalized spacial score (nSPS) is 13.9. The van der Waals surface area contributed by atoms with Gasteiger partial charge in [-0.15, -0.1) is 0 Å². The van der Waals surface area contributed by atoms with Crippen LogP contribution in [0, 0.1) is 0 Å². The van der Waals surface area contributed by atoms with Gasteiger partial charge in [0.25, 0.3) is 0 Å². The summed E-state index contributed by atoms with van der Waals surface area (Å²) in [5, 5.41) is 11.8. The third kappa shape index (κ3) is 62.1. The van der Waals surface area contributed by atoms with Crippen molar-refractivity contribution in [3.8, 4) is 0 Å². The molecule has 81 heavy (non-hydrogen) atoms. The summed E-state index contributed by atoms with van der Waals surface area (Å²) >= 11 is 0. The monoisotopic (exact) mass is 1120 g/mol. The van der Waals surface area contributed by atoms with Crippen LogP contribution in [0.15, 0.2) is 170 Å². The highest BCUT2D eigenvalue weighted by molar-refractivity contribution is 5.70. The Morgan fingerprint density at radius 1 is 0.370 bits per heavy atom. The molecule has 0 fully saturated rings. The minimum absolute atomic E-state index is 0.128. The summed E-state index contributed by atoms with van der Waals surface area (Å²) in [7, 11) is 5.89. The van der Waals surface area contributed by atoms with Crippen LogP contribution >= 0.6 is 0 Å². The van der Waals surface area contributed by atoms with Crippen LogP contribution in [0.3, 0.4) is 0 Å². The summed E-state index contributed by atoms with van der Waals surface area (Å²) in [5.74, 6) is -2.37. The maximum absolute atomic E-state index is 12.9. The molecular formula is C72H113NO8. The van der Waals surface area contributed by atoms with Gasteiger partial charge in [-0.25, -0.2) is 0 Å². The number of carboxylic acid groups (broad SMARTS) is 1. The molecule has 0 radical (unpaired) electrons. The number of unbranched alkanes of at least 4 members (excludes halogenated alkanes) is 12. The number of carbonyl (C=O) groups excluding carboxylic acids is 3. The lowest BCUT2D eigenvalue weighted by Crippen LogP contribution is -2.44. The average molecular weight is 1120 g/mol. The zero-order valence-corrected chi connectivity index (χ0v) is 51.6. The van der Waals surface area contributed by atoms with E-state index in [0.717, 1.165) is 135 Å². The summed E-state index contributed by atoms with van der Waals surface area (Å²) in [6.45, 7) is 4.44. The smallest absolute Gasteiger partial charge is 0.306 e. The largest absolute Gasteiger partial charge is 0.545 e. The molecule has 0 rings (SSSR count). The van der Waals surface area contributed by atoms with Crippen molar-refractivity contribution in [1.82, 2.24) is 0 Å². The van der Waals surface area contributed by atoms with E-state index in [1.807, 2.05) is 21.1 Å². The van der Waals surface area contributed by atoms with Crippen LogP contribution < -0.4 is 5.11 Å². The maximum Gasteiger partial charge on any atom is 0.306 e. The summed E-state index contributed by atoms with van der Waals surface area (Å²) in [4.78, 5) is 37.4. The van der Waals surface area contributed by atoms with Crippen molar-refractivity contribution in [2.45, 2.75) is 219 Å². The molecule has 0 aromatic rings. The fraction of sp³-hybridized carbons (Fsp3) is 0.569. The second-order valence-electron chi connectivity index (χ2n) is 21.2. The number of rotatable bonds is 55. The van der Waals surface area contributed by atoms with Crippen molar-refractivity contribution in [1.29, 1.82) is 0 Å². The van der Waals surface area contributed by atoms with Gasteiger partial charge in [-0.05, 0) is 128 Å². The first kappa shape index (κ1) is 75.7. The van der Waals surface area contributed by atoms with E-state index in [0.29, 0.717) is 17.4 Å². The molecule has 0 saturated carbocycles. The molecule has 0 aromatic heterocycles. The molecule has 0 heterocycles. The van der Waals surface area contributed by atoms with Crippen molar-refractivity contribution in [3.63, 3.8) is 0 Å². The predicted molar refractivity (Wildman–Crippen MR) is 342 cm³/mol. The molecule has 0 aliphatic carbocycles. The van der Waals surface area contributed by atoms with E-state index in [1.54, 1.807) is 0 Å². The molecule has 0 N–H and O–H groups in total. The van der Waals surface area contributed by atoms with Crippen LogP contribution in [-0.4, -0.2) is 82.3 Å². The number of nitrogens with zero attached hydrogens (tertiary/aromatic N) is 1. The van der Waals surface area contributed by atoms with Gasteiger partial charge in [-0.2, -0.15) is 0 Å². The fourth-order valence-corrected chi connectivity index (χ4v) is 7.73. The Bertz CT molecular complexity index is 1930. The van der Waals surface area contributed by atoms with Gasteiger partial charge in [0.2, 0.25) is 0 Å². The van der Waals surface area contributed by atoms with Gasteiger partial charge in [0, 0.05) is 12.8 Å². The summed E-state index contributed by atoms with van der Waals surface area (Å²) < 4.78 is 22.7. The van der Waals surface area contributed by atoms with Crippen LogP contribution in [-0.2, 0) is 33.3 Å². The van der Waals surface area contributed by atoms with Crippen molar-refractivity contribution in [3.05, 3.63) is 170 Å². The van der Waals surface area contributed by atoms with E-state index >= 15 is 0 Å². The van der Waals surface area contributed by atoms with Crippen molar-refractivity contribution in [2.24, 2.45) is 0 Å². The molecule has 0 aromatic carbocycles. The molecule has 0 aliphatic rings. The van der Waals surface area contributed by atoms with Crippen LogP contribution in [0.1, 0.15) is 206 Å². The topological polar surface area (TPSA) is 111 Å². The number of ether oxygens (including phenoxy) is 4. The Morgan fingerprint density at radius 3 is 1.01 bits per heavy atom. The third-order valence-corrected chi connectivity index (χ3v) is 12.5. The van der Waals surface area contributed by atoms with Gasteiger partial charge in [0.15, 0.2) is 12.4 Å². The lowest BCUT2D eigenvalue weighted by Gasteiger charge is -2.26. The van der Waals surface area contributed by atoms with Crippen molar-refractivity contribution < 1.29 is 42.9 Å². The molecule has 0 saturated heterocycles. The Labute approximate surface area is 495 Å². The summed E-state index contributed by atoms with van der Waals surface area (Å²) in [6, 6.07) is 0. The number of esters is 2. The highest BCUT2D eigenvalue weighted by atomic mass is 16.7. The maximum atomic E-state index is 12.9. The van der Waals surface area contributed by atoms with Crippen molar-refractivity contribution in [2.75, 3.05) is 47.5 Å². The number of hydrogen-bond donors (Lipinski definition) is 0. The van der Waals surface area contributed by atoms with E-state index in [-0.39, 0.29) is 38.6 Å². The van der Waals surface area contributed by atoms with E-state index in [9.17, 15) is 19.5 Å². The molecule has 454 valence electrons. The Morgan fingerprint density at radius 2 is 0.667 bits per heavy atom. The number of aliphatic carboxylic acids is 1. The fourth-order valence-electron chi connectivity index (χ4n) is 7.73. The molecule has 0 bridgehead atoms. The number of quaternary nitrogens is 1. The first-order valence-corrected chi connectivity index (χ1v) is 31.3. The molecule has 2 unspecified atom stereocenters. The Balaban J connectivity index is 4.36. The number of likely N-dealkylation sites (N-methyl/N-ethyl adjacent to an activating group) is 1. The third-order valence-electron chi connectivity index (χ3n) is 12.5. The highest BCUT2D eigenvalue weighted by Gasteiger charge is 2.22. The number of hydrogen-bond acceptors (Lipinski definition) is 8. The lowest BCUT2D eigenvalue weighted by atomic mass is 10.1. The van der Waals surface area contributed by atoms with Crippen LogP contribution in [0.2, 0.25) is 0 Å². The molecule has 0 aliphatic heterocycles. The van der Waals surface area contributed by atoms with E-state index in [1.165, 1.54) is 38.5 Å². The Kier molecular flexibility index (Phi) is 56.7. The first-order valence-electron chi connectivity index (χ1n) is 31.3. The SMILES string of the molecule is CC/C=C\C/C=C\C/C=C\C/C=C\C/C=C\C/C=C\C/C=C\C/C=C\C/C=C\C/C=C\CCCCC(=O)OC(COC(=O)CCCCCCCCCCCC/C=C\C/C=C\C/C=C\C/C=C\CC)COC(OCC[N+](C)(C)C)C(=O)[O-]. The van der Waals surface area contributed by atoms with Crippen LogP contribution in [0.4, 0.5) is 0 Å². The van der Waals surface area contributed by atoms with Gasteiger partial charge in [0.1, 0.15) is 13.2 Å². The second kappa shape index (κ2) is 60.7. The summed E-state index contributed by atoms with van der Waals surface area (Å²) in [5.41, 5.74) is 0. The van der Waals surface area contributed by atoms with Crippen molar-refractivity contribution >= 4 is 17.9 Å². The van der Waals surface area contributed by atoms with Crippen LogP contribution in [0.25, 0.3) is 0 Å². The van der Waals surface area contributed by atoms with Gasteiger partial charge in [0.05, 0.1) is 40.3 Å². The molecule has 9 heteroatoms. The quantitative estimate of drug-likeness (QED) is 0.0195. The highest BCUT2D eigenvalue weighted by Crippen LogP contribution is 2.14. The molecule has 0 spiro atoms. The zero-order chi connectivity index (χ0) is 59.1. The van der Waals surface area contributed by atoms with Gasteiger partial charge in [-0.1, -0.05) is 235 Å². The van der Waals surface area contributed by atoms with E-state index in [2.05, 4.69) is 184 Å². The van der Waals surface area contributed by atoms with E-state index in [4.69, 9.17) is 18.9 Å². The van der Waals surface area contributed by atoms with E-state index < -0.39 is 24.3 Å². The predicted octanol–water partition coefficient (Wildman–Crippen LogP) is 17.8. The summed E-state index contributed by atoms with van der Waals surface area (Å²) in [6.07, 6.45) is 88.4. The number of carbonyl (C=O) groups is 3. The average Bonchev–Trinajstić information content (AvgIpc) is 3.44.